The van der Waals surface area contributed by atoms with Crippen LogP contribution in [0.1, 0.15) is 36.8 Å². The molecule has 6 heteroatoms. The number of anilines is 1. The van der Waals surface area contributed by atoms with Gasteiger partial charge < -0.3 is 5.32 Å². The zero-order valence-corrected chi connectivity index (χ0v) is 15.1. The Morgan fingerprint density at radius 2 is 1.69 bits per heavy atom. The van der Waals surface area contributed by atoms with Crippen molar-refractivity contribution < 1.29 is 9.59 Å². The summed E-state index contributed by atoms with van der Waals surface area (Å²) in [6.45, 7) is 0. The molecule has 3 rings (SSSR count). The largest absolute Gasteiger partial charge is 0.325 e. The SMILES string of the molecule is O=C(CCC(=O)Nc1ccccc1Cl)NN=C1CCCc2ccccc21. The van der Waals surface area contributed by atoms with Gasteiger partial charge in [-0.05, 0) is 37.0 Å². The van der Waals surface area contributed by atoms with Gasteiger partial charge in [0, 0.05) is 18.4 Å². The number of rotatable bonds is 5. The van der Waals surface area contributed by atoms with Crippen LogP contribution >= 0.6 is 11.6 Å². The number of hydrogen-bond donors (Lipinski definition) is 2. The number of carbonyl (C=O) groups excluding carboxylic acids is 2. The van der Waals surface area contributed by atoms with Crippen LogP contribution in [0, 0.1) is 0 Å². The van der Waals surface area contributed by atoms with Gasteiger partial charge in [0.25, 0.3) is 0 Å². The molecule has 0 atom stereocenters. The maximum Gasteiger partial charge on any atom is 0.240 e. The molecule has 0 saturated heterocycles. The summed E-state index contributed by atoms with van der Waals surface area (Å²) in [6, 6.07) is 15.1. The van der Waals surface area contributed by atoms with Crippen molar-refractivity contribution in [1.29, 1.82) is 0 Å². The van der Waals surface area contributed by atoms with E-state index in [-0.39, 0.29) is 24.7 Å². The highest BCUT2D eigenvalue weighted by molar-refractivity contribution is 6.33. The van der Waals surface area contributed by atoms with Gasteiger partial charge in [-0.3, -0.25) is 9.59 Å². The molecular formula is C20H20ClN3O2. The summed E-state index contributed by atoms with van der Waals surface area (Å²) in [4.78, 5) is 24.0. The van der Waals surface area contributed by atoms with Crippen LogP contribution in [0.4, 0.5) is 5.69 Å². The highest BCUT2D eigenvalue weighted by Gasteiger charge is 2.15. The number of fused-ring (bicyclic) bond motifs is 1. The quantitative estimate of drug-likeness (QED) is 0.784. The number of carbonyl (C=O) groups is 2. The van der Waals surface area contributed by atoms with Gasteiger partial charge in [0.1, 0.15) is 0 Å². The van der Waals surface area contributed by atoms with E-state index in [4.69, 9.17) is 11.6 Å². The first kappa shape index (κ1) is 18.1. The maximum atomic E-state index is 12.0. The van der Waals surface area contributed by atoms with Gasteiger partial charge in [-0.2, -0.15) is 5.10 Å². The fourth-order valence-corrected chi connectivity index (χ4v) is 3.09. The summed E-state index contributed by atoms with van der Waals surface area (Å²) < 4.78 is 0. The molecule has 0 radical (unpaired) electrons. The van der Waals surface area contributed by atoms with E-state index < -0.39 is 0 Å². The number of halogens is 1. The first-order valence-electron chi connectivity index (χ1n) is 8.61. The number of nitrogens with one attached hydrogen (secondary N) is 2. The number of aryl methyl sites for hydroxylation is 1. The third-order valence-corrected chi connectivity index (χ3v) is 4.56. The standard InChI is InChI=1S/C20H20ClN3O2/c21-16-9-3-4-10-18(16)22-19(25)12-13-20(26)24-23-17-11-5-7-14-6-1-2-8-15(14)17/h1-4,6,8-10H,5,7,11-13H2,(H,22,25)(H,24,26). The van der Waals surface area contributed by atoms with Gasteiger partial charge in [-0.1, -0.05) is 48.0 Å². The predicted molar refractivity (Wildman–Crippen MR) is 103 cm³/mol. The Morgan fingerprint density at radius 3 is 2.54 bits per heavy atom. The molecule has 0 aliphatic heterocycles. The first-order chi connectivity index (χ1) is 12.6. The summed E-state index contributed by atoms with van der Waals surface area (Å²) in [5, 5.41) is 7.43. The molecule has 2 amide bonds. The average Bonchev–Trinajstić information content (AvgIpc) is 2.66. The van der Waals surface area contributed by atoms with Crippen LogP contribution in [0.3, 0.4) is 0 Å². The Balaban J connectivity index is 1.51. The molecule has 0 aromatic heterocycles. The Bertz CT molecular complexity index is 848. The number of hydrazone groups is 1. The Morgan fingerprint density at radius 1 is 0.962 bits per heavy atom. The van der Waals surface area contributed by atoms with E-state index in [2.05, 4.69) is 21.9 Å². The minimum Gasteiger partial charge on any atom is -0.325 e. The van der Waals surface area contributed by atoms with Crippen molar-refractivity contribution in [1.82, 2.24) is 5.43 Å². The molecule has 2 N–H and O–H groups in total. The van der Waals surface area contributed by atoms with Crippen LogP contribution in [0.15, 0.2) is 53.6 Å². The highest BCUT2D eigenvalue weighted by atomic mass is 35.5. The van der Waals surface area contributed by atoms with Crippen molar-refractivity contribution in [3.63, 3.8) is 0 Å². The zero-order chi connectivity index (χ0) is 18.4. The highest BCUT2D eigenvalue weighted by Crippen LogP contribution is 2.21. The Labute approximate surface area is 157 Å². The van der Waals surface area contributed by atoms with E-state index in [1.54, 1.807) is 24.3 Å². The van der Waals surface area contributed by atoms with E-state index in [0.717, 1.165) is 30.5 Å². The molecule has 1 aliphatic rings. The summed E-state index contributed by atoms with van der Waals surface area (Å²) in [5.41, 5.74) is 6.35. The van der Waals surface area contributed by atoms with E-state index in [9.17, 15) is 9.59 Å². The van der Waals surface area contributed by atoms with Crippen molar-refractivity contribution in [2.45, 2.75) is 32.1 Å². The van der Waals surface area contributed by atoms with Crippen LogP contribution in [-0.2, 0) is 16.0 Å². The van der Waals surface area contributed by atoms with Gasteiger partial charge in [-0.25, -0.2) is 5.43 Å². The third-order valence-electron chi connectivity index (χ3n) is 4.23. The van der Waals surface area contributed by atoms with Crippen LogP contribution in [0.25, 0.3) is 0 Å². The predicted octanol–water partition coefficient (Wildman–Crippen LogP) is 3.92. The number of amides is 2. The number of para-hydroxylation sites is 1. The summed E-state index contributed by atoms with van der Waals surface area (Å²) in [6.07, 6.45) is 3.02. The minimum atomic E-state index is -0.283. The fourth-order valence-electron chi connectivity index (χ4n) is 2.90. The molecule has 0 heterocycles. The van der Waals surface area contributed by atoms with E-state index in [1.165, 1.54) is 5.56 Å². The Kier molecular flexibility index (Phi) is 6.02. The molecule has 26 heavy (non-hydrogen) atoms. The molecule has 5 nitrogen and oxygen atoms in total. The molecule has 0 spiro atoms. The van der Waals surface area contributed by atoms with E-state index in [1.807, 2.05) is 18.2 Å². The summed E-state index contributed by atoms with van der Waals surface area (Å²) >= 11 is 6.00. The van der Waals surface area contributed by atoms with Crippen LogP contribution in [-0.4, -0.2) is 17.5 Å². The molecule has 2 aromatic rings. The lowest BCUT2D eigenvalue weighted by Crippen LogP contribution is -2.23. The van der Waals surface area contributed by atoms with E-state index in [0.29, 0.717) is 10.7 Å². The van der Waals surface area contributed by atoms with Gasteiger partial charge in [0.2, 0.25) is 11.8 Å². The lowest BCUT2D eigenvalue weighted by molar-refractivity contribution is -0.124. The van der Waals surface area contributed by atoms with Gasteiger partial charge in [0.15, 0.2) is 0 Å². The van der Waals surface area contributed by atoms with Crippen LogP contribution in [0.5, 0.6) is 0 Å². The minimum absolute atomic E-state index is 0.0642. The molecule has 134 valence electrons. The molecular weight excluding hydrogens is 350 g/mol. The topological polar surface area (TPSA) is 70.6 Å². The van der Waals surface area contributed by atoms with Crippen LogP contribution < -0.4 is 10.7 Å². The molecule has 0 saturated carbocycles. The molecule has 0 fully saturated rings. The summed E-state index contributed by atoms with van der Waals surface area (Å²) in [7, 11) is 0. The van der Waals surface area contributed by atoms with Crippen molar-refractivity contribution >= 4 is 34.8 Å². The van der Waals surface area contributed by atoms with Crippen molar-refractivity contribution in [2.24, 2.45) is 5.10 Å². The number of hydrogen-bond acceptors (Lipinski definition) is 3. The van der Waals surface area contributed by atoms with Crippen molar-refractivity contribution in [2.75, 3.05) is 5.32 Å². The molecule has 1 aliphatic carbocycles. The normalized spacial score (nSPS) is 14.6. The van der Waals surface area contributed by atoms with Gasteiger partial charge >= 0.3 is 0 Å². The maximum absolute atomic E-state index is 12.0. The van der Waals surface area contributed by atoms with Crippen molar-refractivity contribution in [3.05, 3.63) is 64.7 Å². The lowest BCUT2D eigenvalue weighted by atomic mass is 9.90. The number of nitrogens with zero attached hydrogens (tertiary/aromatic N) is 1. The second-order valence-corrected chi connectivity index (χ2v) is 6.54. The second-order valence-electron chi connectivity index (χ2n) is 6.13. The second kappa shape index (κ2) is 8.63. The molecule has 2 aromatic carbocycles. The van der Waals surface area contributed by atoms with Gasteiger partial charge in [-0.15, -0.1) is 0 Å². The van der Waals surface area contributed by atoms with Gasteiger partial charge in [0.05, 0.1) is 16.4 Å². The van der Waals surface area contributed by atoms with E-state index >= 15 is 0 Å². The van der Waals surface area contributed by atoms with Crippen molar-refractivity contribution in [3.8, 4) is 0 Å². The summed E-state index contributed by atoms with van der Waals surface area (Å²) in [5.74, 6) is -0.543. The molecule has 0 bridgehead atoms. The van der Waals surface area contributed by atoms with Crippen LogP contribution in [0.2, 0.25) is 5.02 Å². The monoisotopic (exact) mass is 369 g/mol. The Hall–Kier alpha value is -2.66. The zero-order valence-electron chi connectivity index (χ0n) is 14.3. The average molecular weight is 370 g/mol. The number of benzene rings is 2. The third kappa shape index (κ3) is 4.70. The smallest absolute Gasteiger partial charge is 0.240 e. The fraction of sp³-hybridized carbons (Fsp3) is 0.250. The first-order valence-corrected chi connectivity index (χ1v) is 8.99. The lowest BCUT2D eigenvalue weighted by Gasteiger charge is -2.17. The molecule has 0 unspecified atom stereocenters.